The van der Waals surface area contributed by atoms with Crippen LogP contribution in [0.15, 0.2) is 24.3 Å². The fraction of sp³-hybridized carbons (Fsp3) is 0.632. The number of carbonyl (C=O) groups is 1. The molecule has 4 heteroatoms. The summed E-state index contributed by atoms with van der Waals surface area (Å²) in [5.41, 5.74) is 2.30. The predicted molar refractivity (Wildman–Crippen MR) is 91.5 cm³/mol. The van der Waals surface area contributed by atoms with E-state index in [1.54, 1.807) is 4.90 Å². The van der Waals surface area contributed by atoms with Crippen molar-refractivity contribution in [1.29, 1.82) is 0 Å². The lowest BCUT2D eigenvalue weighted by Crippen LogP contribution is -2.50. The molecule has 23 heavy (non-hydrogen) atoms. The summed E-state index contributed by atoms with van der Waals surface area (Å²) in [5.74, 6) is 0.448. The maximum absolute atomic E-state index is 12.0. The van der Waals surface area contributed by atoms with Crippen molar-refractivity contribution in [1.82, 2.24) is 9.80 Å². The highest BCUT2D eigenvalue weighted by molar-refractivity contribution is 5.69. The molecule has 0 aliphatic carbocycles. The van der Waals surface area contributed by atoms with E-state index < -0.39 is 5.60 Å². The first-order valence-electron chi connectivity index (χ1n) is 8.70. The number of hydrogen-bond donors (Lipinski definition) is 0. The van der Waals surface area contributed by atoms with Crippen LogP contribution in [0.4, 0.5) is 4.79 Å². The van der Waals surface area contributed by atoms with E-state index in [-0.39, 0.29) is 6.09 Å². The van der Waals surface area contributed by atoms with Crippen molar-refractivity contribution in [3.63, 3.8) is 0 Å². The number of carbonyl (C=O) groups excluding carboxylic acids is 1. The highest BCUT2D eigenvalue weighted by atomic mass is 16.6. The van der Waals surface area contributed by atoms with Crippen LogP contribution < -0.4 is 0 Å². The molecule has 1 aromatic carbocycles. The van der Waals surface area contributed by atoms with E-state index in [1.165, 1.54) is 37.1 Å². The molecule has 2 aliphatic rings. The second kappa shape index (κ2) is 6.52. The topological polar surface area (TPSA) is 32.8 Å². The molecule has 2 aliphatic heterocycles. The average Bonchev–Trinajstić information content (AvgIpc) is 2.90. The molecule has 2 fully saturated rings. The molecule has 0 N–H and O–H groups in total. The lowest BCUT2D eigenvalue weighted by atomic mass is 9.91. The third-order valence-corrected chi connectivity index (χ3v) is 4.59. The van der Waals surface area contributed by atoms with Crippen molar-refractivity contribution in [3.8, 4) is 0 Å². The third kappa shape index (κ3) is 4.25. The molecule has 0 radical (unpaired) electrons. The van der Waals surface area contributed by atoms with Gasteiger partial charge in [-0.15, -0.1) is 0 Å². The number of ether oxygens (including phenoxy) is 1. The Morgan fingerprint density at radius 1 is 1.13 bits per heavy atom. The second-order valence-corrected chi connectivity index (χ2v) is 7.81. The minimum Gasteiger partial charge on any atom is -0.444 e. The summed E-state index contributed by atoms with van der Waals surface area (Å²) < 4.78 is 5.40. The zero-order valence-electron chi connectivity index (χ0n) is 14.5. The Bertz CT molecular complexity index is 535. The number of hydrogen-bond acceptors (Lipinski definition) is 3. The fourth-order valence-corrected chi connectivity index (χ4v) is 3.26. The maximum atomic E-state index is 12.0. The number of likely N-dealkylation sites (tertiary alicyclic amines) is 2. The summed E-state index contributed by atoms with van der Waals surface area (Å²) in [6.45, 7) is 10.8. The highest BCUT2D eigenvalue weighted by Gasteiger charge is 2.34. The van der Waals surface area contributed by atoms with E-state index in [0.29, 0.717) is 5.92 Å². The fourth-order valence-electron chi connectivity index (χ4n) is 3.26. The summed E-state index contributed by atoms with van der Waals surface area (Å²) in [6, 6.07) is 8.93. The zero-order valence-corrected chi connectivity index (χ0v) is 14.5. The van der Waals surface area contributed by atoms with E-state index in [0.717, 1.165) is 19.6 Å². The summed E-state index contributed by atoms with van der Waals surface area (Å²) >= 11 is 0. The van der Waals surface area contributed by atoms with Gasteiger partial charge in [-0.2, -0.15) is 0 Å². The van der Waals surface area contributed by atoms with Crippen LogP contribution in [-0.2, 0) is 11.3 Å². The molecule has 126 valence electrons. The standard InChI is InChI=1S/C19H28N2O2/c1-19(2,3)23-18(22)21-13-17(14-21)16-8-6-15(7-9-16)12-20-10-4-5-11-20/h6-9,17H,4-5,10-14H2,1-3H3. The van der Waals surface area contributed by atoms with Gasteiger partial charge in [0.1, 0.15) is 5.60 Å². The molecule has 3 rings (SSSR count). The smallest absolute Gasteiger partial charge is 0.410 e. The first kappa shape index (κ1) is 16.3. The predicted octanol–water partition coefficient (Wildman–Crippen LogP) is 3.62. The maximum Gasteiger partial charge on any atom is 0.410 e. The van der Waals surface area contributed by atoms with Gasteiger partial charge in [-0.3, -0.25) is 4.90 Å². The molecular formula is C19H28N2O2. The molecule has 2 saturated heterocycles. The van der Waals surface area contributed by atoms with Crippen molar-refractivity contribution in [2.24, 2.45) is 0 Å². The van der Waals surface area contributed by atoms with Gasteiger partial charge in [0.15, 0.2) is 0 Å². The summed E-state index contributed by atoms with van der Waals surface area (Å²) in [6.07, 6.45) is 2.47. The second-order valence-electron chi connectivity index (χ2n) is 7.81. The lowest BCUT2D eigenvalue weighted by Gasteiger charge is -2.40. The monoisotopic (exact) mass is 316 g/mol. The highest BCUT2D eigenvalue weighted by Crippen LogP contribution is 2.28. The molecular weight excluding hydrogens is 288 g/mol. The Morgan fingerprint density at radius 2 is 1.74 bits per heavy atom. The van der Waals surface area contributed by atoms with Crippen molar-refractivity contribution >= 4 is 6.09 Å². The Labute approximate surface area is 139 Å². The molecule has 1 amide bonds. The third-order valence-electron chi connectivity index (χ3n) is 4.59. The van der Waals surface area contributed by atoms with Crippen LogP contribution in [0.3, 0.4) is 0 Å². The molecule has 0 atom stereocenters. The van der Waals surface area contributed by atoms with E-state index in [4.69, 9.17) is 4.74 Å². The van der Waals surface area contributed by atoms with Crippen LogP contribution in [-0.4, -0.2) is 47.7 Å². The van der Waals surface area contributed by atoms with Crippen molar-refractivity contribution < 1.29 is 9.53 Å². The van der Waals surface area contributed by atoms with Gasteiger partial charge >= 0.3 is 6.09 Å². The summed E-state index contributed by atoms with van der Waals surface area (Å²) in [5, 5.41) is 0. The first-order valence-corrected chi connectivity index (χ1v) is 8.70. The van der Waals surface area contributed by atoms with Gasteiger partial charge in [0.05, 0.1) is 0 Å². The number of benzene rings is 1. The molecule has 4 nitrogen and oxygen atoms in total. The van der Waals surface area contributed by atoms with Crippen LogP contribution >= 0.6 is 0 Å². The Morgan fingerprint density at radius 3 is 2.30 bits per heavy atom. The minimum absolute atomic E-state index is 0.195. The molecule has 0 aromatic heterocycles. The number of rotatable bonds is 3. The molecule has 2 heterocycles. The van der Waals surface area contributed by atoms with Crippen LogP contribution in [0.2, 0.25) is 0 Å². The van der Waals surface area contributed by atoms with E-state index in [9.17, 15) is 4.79 Å². The van der Waals surface area contributed by atoms with Crippen LogP contribution in [0.5, 0.6) is 0 Å². The SMILES string of the molecule is CC(C)(C)OC(=O)N1CC(c2ccc(CN3CCCC3)cc2)C1. The lowest BCUT2D eigenvalue weighted by molar-refractivity contribution is 0.00819. The van der Waals surface area contributed by atoms with Crippen molar-refractivity contribution in [2.75, 3.05) is 26.2 Å². The zero-order chi connectivity index (χ0) is 16.4. The van der Waals surface area contributed by atoms with E-state index in [1.807, 2.05) is 20.8 Å². The normalized spacial score (nSPS) is 19.7. The van der Waals surface area contributed by atoms with Crippen LogP contribution in [0.25, 0.3) is 0 Å². The Hall–Kier alpha value is -1.55. The quantitative estimate of drug-likeness (QED) is 0.854. The summed E-state index contributed by atoms with van der Waals surface area (Å²) in [7, 11) is 0. The van der Waals surface area contributed by atoms with Crippen LogP contribution in [0, 0.1) is 0 Å². The van der Waals surface area contributed by atoms with E-state index >= 15 is 0 Å². The van der Waals surface area contributed by atoms with Crippen LogP contribution in [0.1, 0.15) is 50.7 Å². The minimum atomic E-state index is -0.417. The van der Waals surface area contributed by atoms with Gasteiger partial charge < -0.3 is 9.64 Å². The molecule has 0 saturated carbocycles. The molecule has 0 unspecified atom stereocenters. The van der Waals surface area contributed by atoms with Crippen molar-refractivity contribution in [2.45, 2.75) is 51.7 Å². The largest absolute Gasteiger partial charge is 0.444 e. The van der Waals surface area contributed by atoms with Gasteiger partial charge in [0, 0.05) is 25.6 Å². The molecule has 1 aromatic rings. The van der Waals surface area contributed by atoms with Gasteiger partial charge in [0.25, 0.3) is 0 Å². The Balaban J connectivity index is 1.48. The van der Waals surface area contributed by atoms with Gasteiger partial charge in [-0.05, 0) is 57.8 Å². The van der Waals surface area contributed by atoms with Gasteiger partial charge in [0.2, 0.25) is 0 Å². The van der Waals surface area contributed by atoms with Gasteiger partial charge in [-0.25, -0.2) is 4.79 Å². The Kier molecular flexibility index (Phi) is 4.62. The number of nitrogens with zero attached hydrogens (tertiary/aromatic N) is 2. The van der Waals surface area contributed by atoms with Gasteiger partial charge in [-0.1, -0.05) is 24.3 Å². The molecule has 0 spiro atoms. The first-order chi connectivity index (χ1) is 10.9. The van der Waals surface area contributed by atoms with E-state index in [2.05, 4.69) is 29.2 Å². The molecule has 0 bridgehead atoms. The number of amides is 1. The summed E-state index contributed by atoms with van der Waals surface area (Å²) in [4.78, 5) is 16.3. The average molecular weight is 316 g/mol. The van der Waals surface area contributed by atoms with Crippen molar-refractivity contribution in [3.05, 3.63) is 35.4 Å².